The molecular weight excluding hydrogens is 286 g/mol. The summed E-state index contributed by atoms with van der Waals surface area (Å²) < 4.78 is 13.0. The van der Waals surface area contributed by atoms with Gasteiger partial charge in [0.05, 0.1) is 11.3 Å². The number of nitriles is 1. The summed E-state index contributed by atoms with van der Waals surface area (Å²) >= 11 is 12.1. The summed E-state index contributed by atoms with van der Waals surface area (Å²) in [4.78, 5) is 0. The van der Waals surface area contributed by atoms with Crippen LogP contribution in [0.2, 0.25) is 10.0 Å². The molecule has 0 heterocycles. The molecule has 5 heteroatoms. The minimum atomic E-state index is -0.446. The summed E-state index contributed by atoms with van der Waals surface area (Å²) in [6.45, 7) is 0.360. The second-order valence-electron chi connectivity index (χ2n) is 3.86. The predicted octanol–water partition coefficient (Wildman–Crippen LogP) is 4.62. The lowest BCUT2D eigenvalue weighted by molar-refractivity contribution is 0.627. The van der Waals surface area contributed by atoms with Crippen molar-refractivity contribution in [1.82, 2.24) is 0 Å². The molecule has 0 aliphatic carbocycles. The minimum absolute atomic E-state index is 0.239. The van der Waals surface area contributed by atoms with Crippen molar-refractivity contribution < 1.29 is 4.39 Å². The fourth-order valence-electron chi connectivity index (χ4n) is 1.65. The highest BCUT2D eigenvalue weighted by molar-refractivity contribution is 6.36. The standard InChI is InChI=1S/C14H9Cl2FN2/c15-12-2-1-3-13(16)11(12)8-19-14-5-4-10(17)6-9(14)7-18/h1-6,19H,8H2. The van der Waals surface area contributed by atoms with E-state index in [2.05, 4.69) is 5.32 Å². The van der Waals surface area contributed by atoms with Crippen LogP contribution in [0.1, 0.15) is 11.1 Å². The molecule has 2 aromatic carbocycles. The highest BCUT2D eigenvalue weighted by Gasteiger charge is 2.07. The molecule has 0 atom stereocenters. The van der Waals surface area contributed by atoms with E-state index in [0.717, 1.165) is 5.56 Å². The first kappa shape index (κ1) is 13.7. The Balaban J connectivity index is 2.22. The maximum atomic E-state index is 13.0. The number of rotatable bonds is 3. The SMILES string of the molecule is N#Cc1cc(F)ccc1NCc1c(Cl)cccc1Cl. The molecule has 0 aromatic heterocycles. The molecule has 0 saturated heterocycles. The lowest BCUT2D eigenvalue weighted by Crippen LogP contribution is -2.03. The molecular formula is C14H9Cl2FN2. The van der Waals surface area contributed by atoms with Crippen molar-refractivity contribution in [2.75, 3.05) is 5.32 Å². The zero-order chi connectivity index (χ0) is 13.8. The third kappa shape index (κ3) is 3.17. The van der Waals surface area contributed by atoms with Crippen LogP contribution in [0.15, 0.2) is 36.4 Å². The van der Waals surface area contributed by atoms with Gasteiger partial charge in [0.1, 0.15) is 11.9 Å². The average molecular weight is 295 g/mol. The van der Waals surface area contributed by atoms with E-state index in [4.69, 9.17) is 28.5 Å². The third-order valence-electron chi connectivity index (χ3n) is 2.62. The van der Waals surface area contributed by atoms with Crippen molar-refractivity contribution in [2.45, 2.75) is 6.54 Å². The van der Waals surface area contributed by atoms with Crippen LogP contribution < -0.4 is 5.32 Å². The van der Waals surface area contributed by atoms with Crippen molar-refractivity contribution in [3.05, 3.63) is 63.4 Å². The Morgan fingerprint density at radius 1 is 1.16 bits per heavy atom. The molecule has 2 rings (SSSR count). The van der Waals surface area contributed by atoms with Crippen molar-refractivity contribution >= 4 is 28.9 Å². The molecule has 19 heavy (non-hydrogen) atoms. The van der Waals surface area contributed by atoms with Gasteiger partial charge in [0, 0.05) is 22.2 Å². The Hall–Kier alpha value is -1.76. The Kier molecular flexibility index (Phi) is 4.26. The van der Waals surface area contributed by atoms with Crippen molar-refractivity contribution in [3.63, 3.8) is 0 Å². The zero-order valence-electron chi connectivity index (χ0n) is 9.75. The summed E-state index contributed by atoms with van der Waals surface area (Å²) in [5.41, 5.74) is 1.52. The fourth-order valence-corrected chi connectivity index (χ4v) is 2.18. The third-order valence-corrected chi connectivity index (χ3v) is 3.33. The molecule has 96 valence electrons. The van der Waals surface area contributed by atoms with E-state index in [1.807, 2.05) is 6.07 Å². The molecule has 1 N–H and O–H groups in total. The van der Waals surface area contributed by atoms with E-state index in [1.165, 1.54) is 18.2 Å². The monoisotopic (exact) mass is 294 g/mol. The summed E-state index contributed by atoms with van der Waals surface area (Å²) in [6, 6.07) is 11.1. The highest BCUT2D eigenvalue weighted by atomic mass is 35.5. The quantitative estimate of drug-likeness (QED) is 0.897. The van der Waals surface area contributed by atoms with Gasteiger partial charge in [-0.15, -0.1) is 0 Å². The van der Waals surface area contributed by atoms with Crippen molar-refractivity contribution in [3.8, 4) is 6.07 Å². The van der Waals surface area contributed by atoms with Gasteiger partial charge in [0.2, 0.25) is 0 Å². The maximum absolute atomic E-state index is 13.0. The van der Waals surface area contributed by atoms with Gasteiger partial charge in [-0.05, 0) is 30.3 Å². The van der Waals surface area contributed by atoms with E-state index in [-0.39, 0.29) is 5.56 Å². The Morgan fingerprint density at radius 2 is 1.84 bits per heavy atom. The number of anilines is 1. The van der Waals surface area contributed by atoms with E-state index in [0.29, 0.717) is 22.3 Å². The number of benzene rings is 2. The number of hydrogen-bond donors (Lipinski definition) is 1. The van der Waals surface area contributed by atoms with Crippen LogP contribution in [0, 0.1) is 17.1 Å². The number of hydrogen-bond acceptors (Lipinski definition) is 2. The van der Waals surface area contributed by atoms with Crippen LogP contribution in [0.5, 0.6) is 0 Å². The first-order valence-electron chi connectivity index (χ1n) is 5.48. The van der Waals surface area contributed by atoms with E-state index >= 15 is 0 Å². The second-order valence-corrected chi connectivity index (χ2v) is 4.67. The van der Waals surface area contributed by atoms with Crippen molar-refractivity contribution in [1.29, 1.82) is 5.26 Å². The van der Waals surface area contributed by atoms with Crippen LogP contribution in [0.25, 0.3) is 0 Å². The lowest BCUT2D eigenvalue weighted by atomic mass is 10.1. The van der Waals surface area contributed by atoms with E-state index in [9.17, 15) is 4.39 Å². The second kappa shape index (κ2) is 5.92. The zero-order valence-corrected chi connectivity index (χ0v) is 11.3. The largest absolute Gasteiger partial charge is 0.380 e. The van der Waals surface area contributed by atoms with Crippen LogP contribution in [-0.2, 0) is 6.54 Å². The van der Waals surface area contributed by atoms with Gasteiger partial charge >= 0.3 is 0 Å². The van der Waals surface area contributed by atoms with Gasteiger partial charge < -0.3 is 5.32 Å². The number of halogens is 3. The first-order valence-corrected chi connectivity index (χ1v) is 6.24. The molecule has 0 amide bonds. The van der Waals surface area contributed by atoms with Crippen LogP contribution >= 0.6 is 23.2 Å². The molecule has 0 spiro atoms. The van der Waals surface area contributed by atoms with Gasteiger partial charge in [-0.3, -0.25) is 0 Å². The van der Waals surface area contributed by atoms with Crippen LogP contribution in [0.4, 0.5) is 10.1 Å². The van der Waals surface area contributed by atoms with Crippen LogP contribution in [0.3, 0.4) is 0 Å². The molecule has 2 nitrogen and oxygen atoms in total. The van der Waals surface area contributed by atoms with E-state index < -0.39 is 5.82 Å². The number of nitrogens with zero attached hydrogens (tertiary/aromatic N) is 1. The molecule has 0 fully saturated rings. The topological polar surface area (TPSA) is 35.8 Å². The molecule has 0 saturated carbocycles. The van der Waals surface area contributed by atoms with Gasteiger partial charge in [-0.25, -0.2) is 4.39 Å². The van der Waals surface area contributed by atoms with Gasteiger partial charge in [0.15, 0.2) is 0 Å². The normalized spacial score (nSPS) is 10.0. The van der Waals surface area contributed by atoms with Gasteiger partial charge in [0.25, 0.3) is 0 Å². The molecule has 0 radical (unpaired) electrons. The Bertz CT molecular complexity index is 630. The summed E-state index contributed by atoms with van der Waals surface area (Å²) in [7, 11) is 0. The Labute approximate surface area is 120 Å². The number of nitrogens with one attached hydrogen (secondary N) is 1. The molecule has 0 aliphatic heterocycles. The summed E-state index contributed by atoms with van der Waals surface area (Å²) in [5.74, 6) is -0.446. The summed E-state index contributed by atoms with van der Waals surface area (Å²) in [5, 5.41) is 13.1. The highest BCUT2D eigenvalue weighted by Crippen LogP contribution is 2.26. The molecule has 0 unspecified atom stereocenters. The summed E-state index contributed by atoms with van der Waals surface area (Å²) in [6.07, 6.45) is 0. The minimum Gasteiger partial charge on any atom is -0.380 e. The predicted molar refractivity (Wildman–Crippen MR) is 74.9 cm³/mol. The smallest absolute Gasteiger partial charge is 0.124 e. The van der Waals surface area contributed by atoms with Gasteiger partial charge in [-0.2, -0.15) is 5.26 Å². The van der Waals surface area contributed by atoms with E-state index in [1.54, 1.807) is 18.2 Å². The molecule has 0 bridgehead atoms. The average Bonchev–Trinajstić information content (AvgIpc) is 2.39. The Morgan fingerprint density at radius 3 is 2.47 bits per heavy atom. The molecule has 2 aromatic rings. The lowest BCUT2D eigenvalue weighted by Gasteiger charge is -2.11. The molecule has 0 aliphatic rings. The van der Waals surface area contributed by atoms with Crippen molar-refractivity contribution in [2.24, 2.45) is 0 Å². The van der Waals surface area contributed by atoms with Crippen LogP contribution in [-0.4, -0.2) is 0 Å². The fraction of sp³-hybridized carbons (Fsp3) is 0.0714. The maximum Gasteiger partial charge on any atom is 0.124 e. The van der Waals surface area contributed by atoms with Gasteiger partial charge in [-0.1, -0.05) is 29.3 Å². The first-order chi connectivity index (χ1) is 9.11.